The van der Waals surface area contributed by atoms with Gasteiger partial charge < -0.3 is 14.4 Å². The number of aromatic nitrogens is 1. The monoisotopic (exact) mass is 356 g/mol. The van der Waals surface area contributed by atoms with Crippen LogP contribution in [0.15, 0.2) is 36.0 Å². The summed E-state index contributed by atoms with van der Waals surface area (Å²) < 4.78 is 12.2. The predicted molar refractivity (Wildman–Crippen MR) is 98.4 cm³/mol. The Morgan fingerprint density at radius 1 is 1.38 bits per heavy atom. The topological polar surface area (TPSA) is 51.7 Å². The molecule has 2 fully saturated rings. The Kier molecular flexibility index (Phi) is 5.36. The molecule has 1 aliphatic carbocycles. The second kappa shape index (κ2) is 7.89. The van der Waals surface area contributed by atoms with Gasteiger partial charge in [0.05, 0.1) is 25.0 Å². The highest BCUT2D eigenvalue weighted by Gasteiger charge is 2.47. The minimum atomic E-state index is -0.0832. The summed E-state index contributed by atoms with van der Waals surface area (Å²) in [6, 6.07) is 5.87. The van der Waals surface area contributed by atoms with Gasteiger partial charge in [-0.25, -0.2) is 0 Å². The SMILES string of the molecule is O=C(C1=CCCC1)N1CC[C@@H]2OCCC[C@]2(COCc2ccccn2)C1. The van der Waals surface area contributed by atoms with Gasteiger partial charge >= 0.3 is 0 Å². The van der Waals surface area contributed by atoms with Crippen molar-refractivity contribution >= 4 is 5.91 Å². The molecule has 5 heteroatoms. The van der Waals surface area contributed by atoms with Crippen LogP contribution >= 0.6 is 0 Å². The molecule has 0 aromatic carbocycles. The lowest BCUT2D eigenvalue weighted by Crippen LogP contribution is -2.58. The van der Waals surface area contributed by atoms with Crippen LogP contribution in [0.3, 0.4) is 0 Å². The number of piperidine rings is 1. The molecule has 0 spiro atoms. The number of carbonyl (C=O) groups is 1. The van der Waals surface area contributed by atoms with Crippen LogP contribution in [0.1, 0.15) is 44.2 Å². The fourth-order valence-corrected chi connectivity index (χ4v) is 4.58. The Hall–Kier alpha value is -1.72. The van der Waals surface area contributed by atoms with Crippen LogP contribution in [0.4, 0.5) is 0 Å². The summed E-state index contributed by atoms with van der Waals surface area (Å²) in [4.78, 5) is 19.3. The zero-order chi connectivity index (χ0) is 17.8. The lowest BCUT2D eigenvalue weighted by molar-refractivity contribution is -0.164. The molecule has 3 aliphatic rings. The summed E-state index contributed by atoms with van der Waals surface area (Å²) in [6.45, 7) is 3.50. The fourth-order valence-electron chi connectivity index (χ4n) is 4.58. The van der Waals surface area contributed by atoms with E-state index in [1.165, 1.54) is 0 Å². The first-order valence-electron chi connectivity index (χ1n) is 9.84. The lowest BCUT2D eigenvalue weighted by Gasteiger charge is -2.50. The number of amides is 1. The number of fused-ring (bicyclic) bond motifs is 1. The Bertz CT molecular complexity index is 660. The van der Waals surface area contributed by atoms with Gasteiger partial charge in [-0.1, -0.05) is 12.1 Å². The predicted octanol–water partition coefficient (Wildman–Crippen LogP) is 3.11. The van der Waals surface area contributed by atoms with E-state index in [0.717, 1.165) is 69.5 Å². The Morgan fingerprint density at radius 2 is 2.35 bits per heavy atom. The Balaban J connectivity index is 1.43. The van der Waals surface area contributed by atoms with Crippen LogP contribution in [0.25, 0.3) is 0 Å². The molecule has 4 rings (SSSR count). The molecule has 0 bridgehead atoms. The van der Waals surface area contributed by atoms with E-state index >= 15 is 0 Å². The second-order valence-electron chi connectivity index (χ2n) is 7.78. The third-order valence-electron chi connectivity index (χ3n) is 5.96. The first-order chi connectivity index (χ1) is 12.8. The van der Waals surface area contributed by atoms with Crippen LogP contribution in [0.2, 0.25) is 0 Å². The number of hydrogen-bond donors (Lipinski definition) is 0. The maximum Gasteiger partial charge on any atom is 0.249 e. The van der Waals surface area contributed by atoms with Crippen LogP contribution in [-0.2, 0) is 20.9 Å². The van der Waals surface area contributed by atoms with Crippen molar-refractivity contribution in [3.05, 3.63) is 41.7 Å². The average Bonchev–Trinajstić information content (AvgIpc) is 3.22. The van der Waals surface area contributed by atoms with Gasteiger partial charge in [-0.15, -0.1) is 0 Å². The van der Waals surface area contributed by atoms with E-state index < -0.39 is 0 Å². The minimum Gasteiger partial charge on any atom is -0.377 e. The molecule has 3 heterocycles. The summed E-state index contributed by atoms with van der Waals surface area (Å²) in [5.74, 6) is 0.232. The fraction of sp³-hybridized carbons (Fsp3) is 0.619. The molecule has 2 atom stereocenters. The van der Waals surface area contributed by atoms with Crippen molar-refractivity contribution in [2.24, 2.45) is 5.41 Å². The molecule has 0 radical (unpaired) electrons. The number of pyridine rings is 1. The van der Waals surface area contributed by atoms with Gasteiger partial charge in [0.2, 0.25) is 5.91 Å². The van der Waals surface area contributed by atoms with E-state index in [2.05, 4.69) is 11.1 Å². The van der Waals surface area contributed by atoms with Crippen LogP contribution in [0.5, 0.6) is 0 Å². The van der Waals surface area contributed by atoms with Gasteiger partial charge in [0.25, 0.3) is 0 Å². The highest BCUT2D eigenvalue weighted by Crippen LogP contribution is 2.41. The third kappa shape index (κ3) is 3.69. The molecule has 2 aliphatic heterocycles. The molecule has 26 heavy (non-hydrogen) atoms. The summed E-state index contributed by atoms with van der Waals surface area (Å²) in [7, 11) is 0. The lowest BCUT2D eigenvalue weighted by atomic mass is 9.73. The highest BCUT2D eigenvalue weighted by atomic mass is 16.5. The maximum atomic E-state index is 12.9. The van der Waals surface area contributed by atoms with Crippen molar-refractivity contribution in [3.8, 4) is 0 Å². The number of carbonyl (C=O) groups excluding carboxylic acids is 1. The molecule has 1 aromatic heterocycles. The zero-order valence-corrected chi connectivity index (χ0v) is 15.4. The molecular weight excluding hydrogens is 328 g/mol. The summed E-state index contributed by atoms with van der Waals surface area (Å²) >= 11 is 0. The number of likely N-dealkylation sites (tertiary alicyclic amines) is 1. The van der Waals surface area contributed by atoms with Crippen molar-refractivity contribution in [3.63, 3.8) is 0 Å². The zero-order valence-electron chi connectivity index (χ0n) is 15.4. The number of nitrogens with zero attached hydrogens (tertiary/aromatic N) is 2. The average molecular weight is 356 g/mol. The second-order valence-corrected chi connectivity index (χ2v) is 7.78. The number of allylic oxidation sites excluding steroid dienone is 1. The van der Waals surface area contributed by atoms with Crippen molar-refractivity contribution in [2.45, 2.75) is 51.2 Å². The molecule has 140 valence electrons. The molecular formula is C21H28N2O3. The largest absolute Gasteiger partial charge is 0.377 e. The smallest absolute Gasteiger partial charge is 0.249 e. The maximum absolute atomic E-state index is 12.9. The number of ether oxygens (including phenoxy) is 2. The molecule has 0 saturated carbocycles. The molecule has 1 aromatic rings. The van der Waals surface area contributed by atoms with Crippen molar-refractivity contribution < 1.29 is 14.3 Å². The summed E-state index contributed by atoms with van der Waals surface area (Å²) in [5, 5.41) is 0. The third-order valence-corrected chi connectivity index (χ3v) is 5.96. The molecule has 2 saturated heterocycles. The molecule has 0 N–H and O–H groups in total. The van der Waals surface area contributed by atoms with Gasteiger partial charge in [0.15, 0.2) is 0 Å². The van der Waals surface area contributed by atoms with Crippen LogP contribution in [0, 0.1) is 5.41 Å². The quantitative estimate of drug-likeness (QED) is 0.813. The van der Waals surface area contributed by atoms with Crippen molar-refractivity contribution in [1.82, 2.24) is 9.88 Å². The molecule has 1 amide bonds. The number of hydrogen-bond acceptors (Lipinski definition) is 4. The standard InChI is InChI=1S/C21H28N2O3/c24-20(17-6-1-2-7-17)23-12-9-19-21(15-23,10-5-13-26-19)16-25-14-18-8-3-4-11-22-18/h3-4,6,8,11,19H,1-2,5,7,9-10,12-16H2/t19-,21+/m0/s1. The van der Waals surface area contributed by atoms with Crippen molar-refractivity contribution in [2.75, 3.05) is 26.3 Å². The van der Waals surface area contributed by atoms with Crippen LogP contribution < -0.4 is 0 Å². The Labute approximate surface area is 155 Å². The highest BCUT2D eigenvalue weighted by molar-refractivity contribution is 5.93. The first kappa shape index (κ1) is 17.7. The van der Waals surface area contributed by atoms with Crippen LogP contribution in [-0.4, -0.2) is 48.2 Å². The molecule has 5 nitrogen and oxygen atoms in total. The van der Waals surface area contributed by atoms with E-state index in [9.17, 15) is 4.79 Å². The molecule has 0 unspecified atom stereocenters. The Morgan fingerprint density at radius 3 is 3.15 bits per heavy atom. The minimum absolute atomic E-state index is 0.0832. The van der Waals surface area contributed by atoms with Gasteiger partial charge in [-0.2, -0.15) is 0 Å². The number of rotatable bonds is 5. The van der Waals surface area contributed by atoms with Gasteiger partial charge in [0.1, 0.15) is 0 Å². The van der Waals surface area contributed by atoms with Gasteiger partial charge in [-0.3, -0.25) is 9.78 Å². The normalized spacial score (nSPS) is 28.5. The van der Waals surface area contributed by atoms with E-state index in [0.29, 0.717) is 13.2 Å². The van der Waals surface area contributed by atoms with E-state index in [-0.39, 0.29) is 17.4 Å². The van der Waals surface area contributed by atoms with Gasteiger partial charge in [-0.05, 0) is 50.7 Å². The van der Waals surface area contributed by atoms with E-state index in [1.54, 1.807) is 6.20 Å². The summed E-state index contributed by atoms with van der Waals surface area (Å²) in [5.41, 5.74) is 1.86. The van der Waals surface area contributed by atoms with Gasteiger partial charge in [0, 0.05) is 36.9 Å². The van der Waals surface area contributed by atoms with Crippen molar-refractivity contribution in [1.29, 1.82) is 0 Å². The van der Waals surface area contributed by atoms with E-state index in [1.807, 2.05) is 23.1 Å². The first-order valence-corrected chi connectivity index (χ1v) is 9.84. The summed E-state index contributed by atoms with van der Waals surface area (Å²) in [6.07, 6.45) is 10.2. The van der Waals surface area contributed by atoms with E-state index in [4.69, 9.17) is 9.47 Å².